The molecule has 2 atom stereocenters. The maximum absolute atomic E-state index is 13.2. The lowest BCUT2D eigenvalue weighted by atomic mass is 9.79. The third-order valence-corrected chi connectivity index (χ3v) is 7.88. The second-order valence-electron chi connectivity index (χ2n) is 9.98. The van der Waals surface area contributed by atoms with Crippen molar-refractivity contribution in [2.45, 2.75) is 38.0 Å². The number of nitrogens with one attached hydrogen (secondary N) is 1. The van der Waals surface area contributed by atoms with Crippen molar-refractivity contribution in [3.63, 3.8) is 0 Å². The number of aryl methyl sites for hydroxylation is 1. The van der Waals surface area contributed by atoms with E-state index in [2.05, 4.69) is 52.5 Å². The molecule has 0 spiro atoms. The number of aromatic amines is 1. The number of aliphatic imine (C=N–C) groups is 1. The molecule has 1 aliphatic carbocycles. The summed E-state index contributed by atoms with van der Waals surface area (Å²) in [7, 11) is 3.32. The molecule has 3 heterocycles. The summed E-state index contributed by atoms with van der Waals surface area (Å²) >= 11 is 0. The molecule has 2 unspecified atom stereocenters. The Kier molecular flexibility index (Phi) is 6.28. The number of ether oxygens (including phenoxy) is 2. The molecule has 7 nitrogen and oxygen atoms in total. The van der Waals surface area contributed by atoms with Gasteiger partial charge in [-0.1, -0.05) is 36.4 Å². The number of H-pyrrole nitrogens is 1. The highest BCUT2D eigenvalue weighted by molar-refractivity contribution is 6.05. The number of hydrogen-bond acceptors (Lipinski definition) is 6. The Balaban J connectivity index is 1.23. The first-order valence-corrected chi connectivity index (χ1v) is 13.1. The van der Waals surface area contributed by atoms with Crippen LogP contribution < -0.4 is 19.9 Å². The zero-order valence-electron chi connectivity index (χ0n) is 21.4. The predicted molar refractivity (Wildman–Crippen MR) is 145 cm³/mol. The summed E-state index contributed by atoms with van der Waals surface area (Å²) in [5.74, 6) is 2.66. The largest absolute Gasteiger partial charge is 0.493 e. The first-order chi connectivity index (χ1) is 18.1. The topological polar surface area (TPSA) is 79.8 Å². The first kappa shape index (κ1) is 23.5. The number of anilines is 1. The van der Waals surface area contributed by atoms with Gasteiger partial charge in [0.15, 0.2) is 11.5 Å². The molecule has 2 aromatic carbocycles. The van der Waals surface area contributed by atoms with E-state index in [1.165, 1.54) is 11.1 Å². The van der Waals surface area contributed by atoms with E-state index in [-0.39, 0.29) is 11.5 Å². The summed E-state index contributed by atoms with van der Waals surface area (Å²) in [5, 5.41) is 0. The van der Waals surface area contributed by atoms with Crippen molar-refractivity contribution in [3.8, 4) is 11.5 Å². The number of fused-ring (bicyclic) bond motifs is 2. The van der Waals surface area contributed by atoms with E-state index in [9.17, 15) is 4.79 Å². The van der Waals surface area contributed by atoms with Crippen LogP contribution in [-0.4, -0.2) is 43.0 Å². The molecule has 0 bridgehead atoms. The van der Waals surface area contributed by atoms with Crippen LogP contribution in [0, 0.1) is 5.92 Å². The van der Waals surface area contributed by atoms with Crippen LogP contribution >= 0.6 is 0 Å². The van der Waals surface area contributed by atoms with Crippen LogP contribution in [0.4, 0.5) is 5.95 Å². The van der Waals surface area contributed by atoms with E-state index < -0.39 is 0 Å². The number of rotatable bonds is 5. The van der Waals surface area contributed by atoms with Crippen LogP contribution in [0.3, 0.4) is 0 Å². The van der Waals surface area contributed by atoms with E-state index in [4.69, 9.17) is 19.5 Å². The summed E-state index contributed by atoms with van der Waals surface area (Å²) in [6.07, 6.45) is 8.46. The number of allylic oxidation sites excluding steroid dienone is 1. The monoisotopic (exact) mass is 496 g/mol. The predicted octanol–water partition coefficient (Wildman–Crippen LogP) is 4.45. The molecule has 190 valence electrons. The molecule has 1 N–H and O–H groups in total. The van der Waals surface area contributed by atoms with Gasteiger partial charge in [0.05, 0.1) is 19.9 Å². The standard InChI is InChI=1S/C30H32N4O3/c1-36-26-17-21-10-13-31-28(23(21)18-27(26)37-2)22-8-9-25-24(16-22)29(35)33-30(32-25)34-14-11-20(12-15-34)19-6-4-3-5-7-19/h3-7,11,14,17-18,20,22H,8-10,12-13,15-16H2,1-2H3,(H,32,33,35). The molecule has 7 heteroatoms. The van der Waals surface area contributed by atoms with Crippen molar-refractivity contribution in [3.05, 3.63) is 93.0 Å². The zero-order valence-corrected chi connectivity index (χ0v) is 21.4. The lowest BCUT2D eigenvalue weighted by molar-refractivity contribution is 0.354. The fourth-order valence-electron chi connectivity index (χ4n) is 5.89. The molecule has 2 aliphatic heterocycles. The number of benzene rings is 2. The van der Waals surface area contributed by atoms with Crippen molar-refractivity contribution in [2.24, 2.45) is 10.9 Å². The SMILES string of the molecule is COc1cc2c(cc1OC)C(C1CCc3nc(N4C=CC(c5ccccc5)CC4)[nH]c(=O)c3C1)=NCC2. The second kappa shape index (κ2) is 9.88. The molecule has 3 aliphatic rings. The van der Waals surface area contributed by atoms with Gasteiger partial charge in [0.1, 0.15) is 0 Å². The molecule has 6 rings (SSSR count). The van der Waals surface area contributed by atoms with Crippen molar-refractivity contribution in [1.29, 1.82) is 0 Å². The summed E-state index contributed by atoms with van der Waals surface area (Å²) in [5.41, 5.74) is 6.40. The molecule has 1 aromatic heterocycles. The lowest BCUT2D eigenvalue weighted by Gasteiger charge is -2.30. The minimum Gasteiger partial charge on any atom is -0.493 e. The van der Waals surface area contributed by atoms with Gasteiger partial charge in [-0.2, -0.15) is 0 Å². The number of hydrogen-bond donors (Lipinski definition) is 1. The highest BCUT2D eigenvalue weighted by Gasteiger charge is 2.31. The van der Waals surface area contributed by atoms with Gasteiger partial charge in [-0.15, -0.1) is 0 Å². The summed E-state index contributed by atoms with van der Waals surface area (Å²) in [6.45, 7) is 1.57. The first-order valence-electron chi connectivity index (χ1n) is 13.1. The van der Waals surface area contributed by atoms with E-state index in [0.29, 0.717) is 24.0 Å². The van der Waals surface area contributed by atoms with E-state index in [1.807, 2.05) is 12.1 Å². The normalized spacial score (nSPS) is 20.6. The van der Waals surface area contributed by atoms with Crippen LogP contribution in [0.5, 0.6) is 11.5 Å². The van der Waals surface area contributed by atoms with E-state index in [1.54, 1.807) is 14.2 Å². The van der Waals surface area contributed by atoms with Gasteiger partial charge < -0.3 is 14.4 Å². The van der Waals surface area contributed by atoms with Gasteiger partial charge in [-0.3, -0.25) is 14.8 Å². The third kappa shape index (κ3) is 4.43. The average Bonchev–Trinajstić information content (AvgIpc) is 2.96. The number of nitrogens with zero attached hydrogens (tertiary/aromatic N) is 3. The van der Waals surface area contributed by atoms with Crippen LogP contribution in [0.25, 0.3) is 0 Å². The fraction of sp³-hybridized carbons (Fsp3) is 0.367. The maximum Gasteiger partial charge on any atom is 0.255 e. The molecular formula is C30H32N4O3. The highest BCUT2D eigenvalue weighted by atomic mass is 16.5. The lowest BCUT2D eigenvalue weighted by Crippen LogP contribution is -2.34. The van der Waals surface area contributed by atoms with Gasteiger partial charge in [0, 0.05) is 48.0 Å². The van der Waals surface area contributed by atoms with Crippen molar-refractivity contribution >= 4 is 11.7 Å². The molecule has 0 radical (unpaired) electrons. The summed E-state index contributed by atoms with van der Waals surface area (Å²) < 4.78 is 11.1. The van der Waals surface area contributed by atoms with E-state index in [0.717, 1.165) is 67.1 Å². The van der Waals surface area contributed by atoms with Crippen molar-refractivity contribution in [2.75, 3.05) is 32.2 Å². The molecular weight excluding hydrogens is 464 g/mol. The molecule has 0 fully saturated rings. The van der Waals surface area contributed by atoms with E-state index >= 15 is 0 Å². The van der Waals surface area contributed by atoms with Crippen LogP contribution in [0.1, 0.15) is 46.7 Å². The zero-order chi connectivity index (χ0) is 25.4. The third-order valence-electron chi connectivity index (χ3n) is 7.88. The summed E-state index contributed by atoms with van der Waals surface area (Å²) in [4.78, 5) is 28.2. The number of methoxy groups -OCH3 is 2. The number of aromatic nitrogens is 2. The Bertz CT molecular complexity index is 1430. The fourth-order valence-corrected chi connectivity index (χ4v) is 5.89. The average molecular weight is 497 g/mol. The Hall–Kier alpha value is -3.87. The highest BCUT2D eigenvalue weighted by Crippen LogP contribution is 2.36. The minimum absolute atomic E-state index is 0.0350. The van der Waals surface area contributed by atoms with Crippen LogP contribution in [0.2, 0.25) is 0 Å². The quantitative estimate of drug-likeness (QED) is 0.565. The second-order valence-corrected chi connectivity index (χ2v) is 9.98. The Labute approximate surface area is 216 Å². The van der Waals surface area contributed by atoms with Crippen molar-refractivity contribution in [1.82, 2.24) is 9.97 Å². The Morgan fingerprint density at radius 3 is 2.59 bits per heavy atom. The molecule has 0 saturated carbocycles. The Morgan fingerprint density at radius 1 is 1.03 bits per heavy atom. The minimum atomic E-state index is -0.0350. The van der Waals surface area contributed by atoms with Crippen LogP contribution in [0.15, 0.2) is 64.5 Å². The molecule has 0 saturated heterocycles. The Morgan fingerprint density at radius 2 is 1.84 bits per heavy atom. The maximum atomic E-state index is 13.2. The van der Waals surface area contributed by atoms with Crippen LogP contribution in [-0.2, 0) is 19.3 Å². The smallest absolute Gasteiger partial charge is 0.255 e. The van der Waals surface area contributed by atoms with Gasteiger partial charge in [-0.25, -0.2) is 4.98 Å². The molecule has 0 amide bonds. The molecule has 3 aromatic rings. The van der Waals surface area contributed by atoms with Gasteiger partial charge in [0.2, 0.25) is 5.95 Å². The van der Waals surface area contributed by atoms with Gasteiger partial charge >= 0.3 is 0 Å². The van der Waals surface area contributed by atoms with Gasteiger partial charge in [-0.05, 0) is 55.4 Å². The summed E-state index contributed by atoms with van der Waals surface area (Å²) in [6, 6.07) is 14.6. The van der Waals surface area contributed by atoms with Crippen molar-refractivity contribution < 1.29 is 9.47 Å². The molecule has 37 heavy (non-hydrogen) atoms. The van der Waals surface area contributed by atoms with Gasteiger partial charge in [0.25, 0.3) is 5.56 Å².